The lowest BCUT2D eigenvalue weighted by Crippen LogP contribution is -2.34. The Kier molecular flexibility index (Phi) is 21.1. The number of carbonyl (C=O) groups excluding carboxylic acids is 2. The Morgan fingerprint density at radius 3 is 1.44 bits per heavy atom. The van der Waals surface area contributed by atoms with E-state index in [4.69, 9.17) is 15.9 Å². The fraction of sp³-hybridized carbons (Fsp3) is 0.613. The lowest BCUT2D eigenvalue weighted by molar-refractivity contribution is -0.124. The number of hydrogen-bond acceptors (Lipinski definition) is 6. The fourth-order valence-corrected chi connectivity index (χ4v) is 11.9. The maximum Gasteiger partial charge on any atom is 0.261 e. The predicted octanol–water partition coefficient (Wildman–Crippen LogP) is 17.0. The summed E-state index contributed by atoms with van der Waals surface area (Å²) >= 11 is 1.69. The van der Waals surface area contributed by atoms with Crippen LogP contribution in [0.1, 0.15) is 231 Å². The van der Waals surface area contributed by atoms with Crippen LogP contribution in [0, 0.1) is 11.8 Å². The average Bonchev–Trinajstić information content (AvgIpc) is 4.13. The second kappa shape index (κ2) is 26.6. The van der Waals surface area contributed by atoms with Gasteiger partial charge in [-0.1, -0.05) is 180 Å². The number of rotatable bonds is 33. The monoisotopic (exact) mass is 973 g/mol. The highest BCUT2D eigenvalue weighted by Gasteiger charge is 2.50. The third-order valence-electron chi connectivity index (χ3n) is 15.1. The molecule has 2 aromatic heterocycles. The Balaban J connectivity index is 1.45. The Morgan fingerprint density at radius 1 is 0.500 bits per heavy atom. The van der Waals surface area contributed by atoms with Crippen LogP contribution >= 0.6 is 11.3 Å². The van der Waals surface area contributed by atoms with Gasteiger partial charge in [0.25, 0.3) is 11.8 Å². The molecule has 0 spiro atoms. The number of thiophene rings is 1. The van der Waals surface area contributed by atoms with E-state index >= 15 is 9.59 Å². The van der Waals surface area contributed by atoms with Gasteiger partial charge in [0.05, 0.1) is 27.3 Å². The minimum Gasteiger partial charge on any atom is -0.458 e. The summed E-state index contributed by atoms with van der Waals surface area (Å²) in [6.07, 6.45) is 28.7. The third kappa shape index (κ3) is 14.6. The molecule has 0 fully saturated rings. The number of hydrogen-bond donors (Lipinski definition) is 2. The number of amides is 2. The lowest BCUT2D eigenvalue weighted by atomic mass is 9.93. The van der Waals surface area contributed by atoms with Crippen LogP contribution in [-0.4, -0.2) is 34.7 Å². The van der Waals surface area contributed by atoms with Crippen molar-refractivity contribution in [1.29, 1.82) is 0 Å². The minimum atomic E-state index is -0.729. The Bertz CT molecular complexity index is 2350. The molecule has 4 N–H and O–H groups in total. The highest BCUT2D eigenvalue weighted by molar-refractivity contribution is 7.16. The van der Waals surface area contributed by atoms with Crippen LogP contribution in [-0.2, 0) is 20.7 Å². The molecule has 0 aliphatic carbocycles. The predicted molar refractivity (Wildman–Crippen MR) is 298 cm³/mol. The van der Waals surface area contributed by atoms with Crippen LogP contribution in [0.2, 0.25) is 0 Å². The van der Waals surface area contributed by atoms with Gasteiger partial charge in [0.15, 0.2) is 5.76 Å². The van der Waals surface area contributed by atoms with E-state index in [1.807, 2.05) is 49.6 Å². The average molecular weight is 974 g/mol. The van der Waals surface area contributed by atoms with E-state index in [0.717, 1.165) is 88.7 Å². The van der Waals surface area contributed by atoms with Gasteiger partial charge < -0.3 is 25.7 Å². The van der Waals surface area contributed by atoms with Gasteiger partial charge in [-0.25, -0.2) is 0 Å². The van der Waals surface area contributed by atoms with Crippen LogP contribution in [0.4, 0.5) is 0 Å². The summed E-state index contributed by atoms with van der Waals surface area (Å²) in [6, 6.07) is 21.4. The Morgan fingerprint density at radius 2 is 0.943 bits per heavy atom. The molecule has 6 rings (SSSR count). The largest absolute Gasteiger partial charge is 0.458 e. The summed E-state index contributed by atoms with van der Waals surface area (Å²) in [6.45, 7) is 18.2. The van der Waals surface area contributed by atoms with Crippen LogP contribution < -0.4 is 11.5 Å². The first kappa shape index (κ1) is 55.3. The molecule has 2 aliphatic heterocycles. The maximum atomic E-state index is 15.7. The lowest BCUT2D eigenvalue weighted by Gasteiger charge is -2.29. The first-order chi connectivity index (χ1) is 33.7. The number of unbranched alkanes of at least 4 members (excludes halogenated alkanes) is 16. The quantitative estimate of drug-likeness (QED) is 0.0463. The van der Waals surface area contributed by atoms with Gasteiger partial charge in [-0.2, -0.15) is 0 Å². The van der Waals surface area contributed by atoms with E-state index in [1.165, 1.54) is 103 Å². The van der Waals surface area contributed by atoms with Crippen LogP contribution in [0.5, 0.6) is 0 Å². The molecule has 2 aliphatic rings. The zero-order valence-electron chi connectivity index (χ0n) is 45.0. The molecule has 2 atom stereocenters. The van der Waals surface area contributed by atoms with Gasteiger partial charge in [0.1, 0.15) is 11.5 Å². The highest BCUT2D eigenvalue weighted by atomic mass is 32.1. The van der Waals surface area contributed by atoms with E-state index in [0.29, 0.717) is 53.3 Å². The number of carbonyl (C=O) groups is 2. The third-order valence-corrected chi connectivity index (χ3v) is 16.3. The molecule has 0 radical (unpaired) electrons. The SMILES string of the molecule is CCCCCCCCC(CCCCCC)CN1C(=O)C2=C(c3ccc(-c4ccc5cc(C(C)(C)N)ccc5c4)s3)N(CC(CCCCCC)CCCCCCCC)C(=O)C2=C1c1ccc(C(C)(C)N)o1. The van der Waals surface area contributed by atoms with Crippen LogP contribution in [0.25, 0.3) is 32.6 Å². The molecular formula is C62H92N4O3S. The molecule has 4 aromatic rings. The number of benzene rings is 2. The Labute approximate surface area is 428 Å². The highest BCUT2D eigenvalue weighted by Crippen LogP contribution is 2.50. The van der Waals surface area contributed by atoms with Gasteiger partial charge in [-0.3, -0.25) is 9.59 Å². The summed E-state index contributed by atoms with van der Waals surface area (Å²) in [5, 5.41) is 2.31. The normalized spacial score (nSPS) is 15.4. The van der Waals surface area contributed by atoms with Gasteiger partial charge in [0, 0.05) is 23.5 Å². The Hall–Kier alpha value is -3.98. The topological polar surface area (TPSA) is 106 Å². The van der Waals surface area contributed by atoms with Crippen LogP contribution in [0.15, 0.2) is 76.2 Å². The standard InChI is InChI=1S/C62H92N4O3S/c1-9-13-17-21-23-27-31-45(29-25-19-15-11-3)43-65-57(51-37-40-54(69-51)62(7,8)64)55-56(60(65)68)58(66(59(55)67)44-46(30-26-20-16-12-4)32-28-24-22-18-14-10-2)53-39-38-52(70-53)49-34-33-48-42-50(61(5,6)63)36-35-47(48)41-49/h33-42,45-46H,9-32,43-44,63-64H2,1-8H3. The van der Waals surface area contributed by atoms with Gasteiger partial charge in [-0.15, -0.1) is 11.3 Å². The van der Waals surface area contributed by atoms with Crippen molar-refractivity contribution in [2.45, 2.75) is 221 Å². The summed E-state index contributed by atoms with van der Waals surface area (Å²) in [4.78, 5) is 37.5. The molecule has 384 valence electrons. The van der Waals surface area contributed by atoms with Crippen molar-refractivity contribution in [2.24, 2.45) is 23.3 Å². The number of nitrogens with two attached hydrogens (primary N) is 2. The molecular weight excluding hydrogens is 881 g/mol. The van der Waals surface area contributed by atoms with Crippen molar-refractivity contribution in [3.05, 3.63) is 93.8 Å². The maximum absolute atomic E-state index is 15.7. The van der Waals surface area contributed by atoms with E-state index in [1.54, 1.807) is 11.3 Å². The second-order valence-corrected chi connectivity index (χ2v) is 23.5. The van der Waals surface area contributed by atoms with Crippen molar-refractivity contribution >= 4 is 45.3 Å². The zero-order chi connectivity index (χ0) is 50.3. The molecule has 8 heteroatoms. The minimum absolute atomic E-state index is 0.0722. The van der Waals surface area contributed by atoms with Crippen molar-refractivity contribution in [3.63, 3.8) is 0 Å². The first-order valence-electron chi connectivity index (χ1n) is 28.2. The van der Waals surface area contributed by atoms with Crippen molar-refractivity contribution in [1.82, 2.24) is 9.80 Å². The second-order valence-electron chi connectivity index (χ2n) is 22.4. The zero-order valence-corrected chi connectivity index (χ0v) is 45.8. The van der Waals surface area contributed by atoms with E-state index in [9.17, 15) is 0 Å². The first-order valence-corrected chi connectivity index (χ1v) is 29.0. The molecule has 0 saturated heterocycles. The molecule has 4 heterocycles. The number of furan rings is 1. The van der Waals surface area contributed by atoms with Crippen molar-refractivity contribution < 1.29 is 14.0 Å². The van der Waals surface area contributed by atoms with Gasteiger partial charge >= 0.3 is 0 Å². The molecule has 0 saturated carbocycles. The molecule has 7 nitrogen and oxygen atoms in total. The number of nitrogens with zero attached hydrogens (tertiary/aromatic N) is 2. The summed E-state index contributed by atoms with van der Waals surface area (Å²) in [5.41, 5.74) is 16.7. The molecule has 2 aromatic carbocycles. The van der Waals surface area contributed by atoms with Gasteiger partial charge in [0.2, 0.25) is 0 Å². The van der Waals surface area contributed by atoms with Crippen molar-refractivity contribution in [2.75, 3.05) is 13.1 Å². The molecule has 2 unspecified atom stereocenters. The van der Waals surface area contributed by atoms with E-state index < -0.39 is 11.1 Å². The smallest absolute Gasteiger partial charge is 0.261 e. The van der Waals surface area contributed by atoms with E-state index in [2.05, 4.69) is 76.2 Å². The fourth-order valence-electron chi connectivity index (χ4n) is 10.8. The molecule has 0 bridgehead atoms. The van der Waals surface area contributed by atoms with Crippen molar-refractivity contribution in [3.8, 4) is 10.4 Å². The summed E-state index contributed by atoms with van der Waals surface area (Å²) in [7, 11) is 0. The number of fused-ring (bicyclic) bond motifs is 2. The summed E-state index contributed by atoms with van der Waals surface area (Å²) < 4.78 is 6.67. The molecule has 2 amide bonds. The van der Waals surface area contributed by atoms with Crippen LogP contribution in [0.3, 0.4) is 0 Å². The van der Waals surface area contributed by atoms with Gasteiger partial charge in [-0.05, 0) is 124 Å². The molecule has 70 heavy (non-hydrogen) atoms. The van der Waals surface area contributed by atoms with E-state index in [-0.39, 0.29) is 11.8 Å². The summed E-state index contributed by atoms with van der Waals surface area (Å²) in [5.74, 6) is 1.69.